The third kappa shape index (κ3) is 4.26. The molecular weight excluding hydrogens is 325 g/mol. The number of carboxylic acid groups (broad SMARTS) is 1. The third-order valence-corrected chi connectivity index (χ3v) is 3.67. The summed E-state index contributed by atoms with van der Waals surface area (Å²) in [6.07, 6.45) is 0. The smallest absolute Gasteiger partial charge is 0.320 e. The van der Waals surface area contributed by atoms with Crippen LogP contribution in [0.2, 0.25) is 10.0 Å². The van der Waals surface area contributed by atoms with E-state index in [1.165, 1.54) is 0 Å². The fourth-order valence-electron chi connectivity index (χ4n) is 2.14. The molecule has 2 N–H and O–H groups in total. The molecular formula is C16H17Cl2NO3. The van der Waals surface area contributed by atoms with Gasteiger partial charge >= 0.3 is 5.97 Å². The lowest BCUT2D eigenvalue weighted by molar-refractivity contribution is -0.140. The molecule has 1 aromatic heterocycles. The molecule has 1 heterocycles. The minimum atomic E-state index is -0.872. The van der Waals surface area contributed by atoms with Crippen molar-refractivity contribution >= 4 is 29.2 Å². The van der Waals surface area contributed by atoms with E-state index < -0.39 is 12.0 Å². The van der Waals surface area contributed by atoms with Crippen LogP contribution in [0.3, 0.4) is 0 Å². The maximum Gasteiger partial charge on any atom is 0.320 e. The van der Waals surface area contributed by atoms with Gasteiger partial charge in [0, 0.05) is 15.6 Å². The van der Waals surface area contributed by atoms with Crippen molar-refractivity contribution in [3.05, 3.63) is 46.1 Å². The quantitative estimate of drug-likeness (QED) is 0.814. The van der Waals surface area contributed by atoms with E-state index in [2.05, 4.69) is 5.32 Å². The number of benzene rings is 1. The van der Waals surface area contributed by atoms with E-state index in [1.54, 1.807) is 24.3 Å². The highest BCUT2D eigenvalue weighted by molar-refractivity contribution is 6.35. The van der Waals surface area contributed by atoms with Gasteiger partial charge < -0.3 is 9.52 Å². The predicted octanol–water partition coefficient (Wildman–Crippen LogP) is 4.45. The maximum absolute atomic E-state index is 11.1. The Morgan fingerprint density at radius 1 is 1.23 bits per heavy atom. The molecule has 0 amide bonds. The molecule has 0 spiro atoms. The normalized spacial score (nSPS) is 12.6. The number of halogens is 2. The second-order valence-electron chi connectivity index (χ2n) is 5.36. The summed E-state index contributed by atoms with van der Waals surface area (Å²) in [5.74, 6) is 0.401. The second-order valence-corrected chi connectivity index (χ2v) is 6.24. The summed E-state index contributed by atoms with van der Waals surface area (Å²) in [4.78, 5) is 11.1. The topological polar surface area (TPSA) is 62.5 Å². The van der Waals surface area contributed by atoms with Crippen molar-refractivity contribution in [2.75, 3.05) is 0 Å². The van der Waals surface area contributed by atoms with E-state index >= 15 is 0 Å². The van der Waals surface area contributed by atoms with Crippen molar-refractivity contribution in [1.82, 2.24) is 5.32 Å². The van der Waals surface area contributed by atoms with Gasteiger partial charge in [0.2, 0.25) is 0 Å². The van der Waals surface area contributed by atoms with Gasteiger partial charge in [0.25, 0.3) is 0 Å². The molecule has 0 aliphatic heterocycles. The van der Waals surface area contributed by atoms with Crippen LogP contribution in [0, 0.1) is 5.92 Å². The Labute approximate surface area is 139 Å². The van der Waals surface area contributed by atoms with Gasteiger partial charge in [-0.15, -0.1) is 0 Å². The Balaban J connectivity index is 2.10. The van der Waals surface area contributed by atoms with Crippen molar-refractivity contribution < 1.29 is 14.3 Å². The van der Waals surface area contributed by atoms with Crippen molar-refractivity contribution in [2.45, 2.75) is 26.4 Å². The van der Waals surface area contributed by atoms with Crippen LogP contribution >= 0.6 is 23.2 Å². The highest BCUT2D eigenvalue weighted by Crippen LogP contribution is 2.28. The molecule has 0 saturated carbocycles. The first-order valence-corrected chi connectivity index (χ1v) is 7.64. The number of aliphatic carboxylic acids is 1. The van der Waals surface area contributed by atoms with Crippen molar-refractivity contribution in [1.29, 1.82) is 0 Å². The molecule has 22 heavy (non-hydrogen) atoms. The van der Waals surface area contributed by atoms with Crippen molar-refractivity contribution in [3.8, 4) is 11.3 Å². The highest BCUT2D eigenvalue weighted by Gasteiger charge is 2.21. The average Bonchev–Trinajstić information content (AvgIpc) is 2.85. The number of carbonyl (C=O) groups is 1. The zero-order valence-corrected chi connectivity index (χ0v) is 13.8. The van der Waals surface area contributed by atoms with Crippen LogP contribution in [0.25, 0.3) is 11.3 Å². The van der Waals surface area contributed by atoms with Crippen molar-refractivity contribution in [2.24, 2.45) is 5.92 Å². The van der Waals surface area contributed by atoms with Crippen LogP contribution in [0.1, 0.15) is 19.6 Å². The first-order valence-electron chi connectivity index (χ1n) is 6.88. The lowest BCUT2D eigenvalue weighted by Crippen LogP contribution is -2.40. The van der Waals surface area contributed by atoms with Gasteiger partial charge in [0.1, 0.15) is 17.6 Å². The minimum absolute atomic E-state index is 0.0151. The van der Waals surface area contributed by atoms with E-state index in [4.69, 9.17) is 32.7 Å². The molecule has 118 valence electrons. The number of hydrogen-bond donors (Lipinski definition) is 2. The first-order chi connectivity index (χ1) is 10.4. The van der Waals surface area contributed by atoms with Crippen LogP contribution < -0.4 is 5.32 Å². The molecule has 6 heteroatoms. The maximum atomic E-state index is 11.1. The number of rotatable bonds is 6. The molecule has 0 aliphatic rings. The molecule has 0 aliphatic carbocycles. The molecule has 0 saturated heterocycles. The minimum Gasteiger partial charge on any atom is -0.480 e. The molecule has 1 unspecified atom stereocenters. The molecule has 0 fully saturated rings. The Hall–Kier alpha value is -1.49. The summed E-state index contributed by atoms with van der Waals surface area (Å²) in [6, 6.07) is 8.17. The summed E-state index contributed by atoms with van der Waals surface area (Å²) in [5.41, 5.74) is 0.780. The summed E-state index contributed by atoms with van der Waals surface area (Å²) < 4.78 is 5.72. The van der Waals surface area contributed by atoms with Crippen LogP contribution in [0.5, 0.6) is 0 Å². The Kier molecular flexibility index (Phi) is 5.51. The van der Waals surface area contributed by atoms with Gasteiger partial charge in [0.05, 0.1) is 6.54 Å². The first kappa shape index (κ1) is 16.9. The fraction of sp³-hybridized carbons (Fsp3) is 0.312. The van der Waals surface area contributed by atoms with Crippen molar-refractivity contribution in [3.63, 3.8) is 0 Å². The van der Waals surface area contributed by atoms with E-state index in [-0.39, 0.29) is 5.92 Å². The van der Waals surface area contributed by atoms with Gasteiger partial charge in [-0.1, -0.05) is 37.0 Å². The van der Waals surface area contributed by atoms with Gasteiger partial charge in [-0.05, 0) is 36.2 Å². The monoisotopic (exact) mass is 341 g/mol. The zero-order chi connectivity index (χ0) is 16.3. The van der Waals surface area contributed by atoms with Gasteiger partial charge in [0.15, 0.2) is 0 Å². The molecule has 2 aromatic rings. The van der Waals surface area contributed by atoms with E-state index in [1.807, 2.05) is 19.9 Å². The Bertz CT molecular complexity index is 647. The highest BCUT2D eigenvalue weighted by atomic mass is 35.5. The van der Waals surface area contributed by atoms with Crippen LogP contribution in [0.4, 0.5) is 0 Å². The van der Waals surface area contributed by atoms with Gasteiger partial charge in [-0.25, -0.2) is 0 Å². The van der Waals surface area contributed by atoms with Gasteiger partial charge in [-0.3, -0.25) is 10.1 Å². The number of nitrogens with one attached hydrogen (secondary N) is 1. The predicted molar refractivity (Wildman–Crippen MR) is 87.3 cm³/mol. The summed E-state index contributed by atoms with van der Waals surface area (Å²) in [6.45, 7) is 4.05. The number of carboxylic acids is 1. The standard InChI is InChI=1S/C16H17Cl2NO3/c1-9(2)15(16(20)21)19-8-13-3-4-14(22-13)10-5-11(17)7-12(18)6-10/h3-7,9,15,19H,8H2,1-2H3,(H,20,21). The van der Waals surface area contributed by atoms with E-state index in [0.717, 1.165) is 5.56 Å². The molecule has 2 rings (SSSR count). The van der Waals surface area contributed by atoms with Crippen LogP contribution in [0.15, 0.2) is 34.7 Å². The van der Waals surface area contributed by atoms with Crippen LogP contribution in [-0.2, 0) is 11.3 Å². The fourth-order valence-corrected chi connectivity index (χ4v) is 2.67. The summed E-state index contributed by atoms with van der Waals surface area (Å²) in [7, 11) is 0. The van der Waals surface area contributed by atoms with E-state index in [9.17, 15) is 4.79 Å². The summed E-state index contributed by atoms with van der Waals surface area (Å²) in [5, 5.41) is 13.2. The molecule has 1 aromatic carbocycles. The lowest BCUT2D eigenvalue weighted by Gasteiger charge is -2.16. The number of hydrogen-bond acceptors (Lipinski definition) is 3. The molecule has 4 nitrogen and oxygen atoms in total. The third-order valence-electron chi connectivity index (χ3n) is 3.24. The average molecular weight is 342 g/mol. The SMILES string of the molecule is CC(C)C(NCc1ccc(-c2cc(Cl)cc(Cl)c2)o1)C(=O)O. The second kappa shape index (κ2) is 7.18. The molecule has 0 radical (unpaired) electrons. The van der Waals surface area contributed by atoms with Gasteiger partial charge in [-0.2, -0.15) is 0 Å². The summed E-state index contributed by atoms with van der Waals surface area (Å²) >= 11 is 12.0. The molecule has 1 atom stereocenters. The van der Waals surface area contributed by atoms with E-state index in [0.29, 0.717) is 28.1 Å². The zero-order valence-electron chi connectivity index (χ0n) is 12.3. The Morgan fingerprint density at radius 3 is 2.41 bits per heavy atom. The lowest BCUT2D eigenvalue weighted by atomic mass is 10.1. The number of furan rings is 1. The largest absolute Gasteiger partial charge is 0.480 e. The van der Waals surface area contributed by atoms with Crippen LogP contribution in [-0.4, -0.2) is 17.1 Å². The molecule has 0 bridgehead atoms. The Morgan fingerprint density at radius 2 is 1.86 bits per heavy atom.